The number of carbonyl (C=O) groups is 2. The van der Waals surface area contributed by atoms with Crippen LogP contribution in [0.1, 0.15) is 38.8 Å². The van der Waals surface area contributed by atoms with Gasteiger partial charge in [-0.25, -0.2) is 4.98 Å². The van der Waals surface area contributed by atoms with Crippen molar-refractivity contribution in [2.24, 2.45) is 0 Å². The summed E-state index contributed by atoms with van der Waals surface area (Å²) >= 11 is 3.18. The van der Waals surface area contributed by atoms with Crippen molar-refractivity contribution >= 4 is 40.0 Å². The fraction of sp³-hybridized carbons (Fsp3) is 0.389. The number of anilines is 1. The predicted molar refractivity (Wildman–Crippen MR) is 106 cm³/mol. The third-order valence-corrected chi connectivity index (χ3v) is 5.21. The van der Waals surface area contributed by atoms with Crippen molar-refractivity contribution in [1.29, 1.82) is 0 Å². The van der Waals surface area contributed by atoms with Gasteiger partial charge in [0.25, 0.3) is 0 Å². The van der Waals surface area contributed by atoms with Crippen LogP contribution in [0.15, 0.2) is 29.6 Å². The van der Waals surface area contributed by atoms with Gasteiger partial charge in [-0.05, 0) is 18.2 Å². The number of benzene rings is 1. The molecule has 0 aliphatic carbocycles. The van der Waals surface area contributed by atoms with Crippen molar-refractivity contribution in [3.05, 3.63) is 35.2 Å². The largest absolute Gasteiger partial charge is 0.350 e. The Morgan fingerprint density at radius 3 is 2.64 bits per heavy atom. The summed E-state index contributed by atoms with van der Waals surface area (Å²) in [5.41, 5.74) is 2.86. The molecular formula is C18H23N3O2S2. The molecule has 2 N–H and O–H groups in total. The van der Waals surface area contributed by atoms with Crippen LogP contribution in [0.25, 0.3) is 11.3 Å². The maximum atomic E-state index is 11.8. The molecule has 0 fully saturated rings. The smallest absolute Gasteiger partial charge is 0.226 e. The van der Waals surface area contributed by atoms with Gasteiger partial charge in [0, 0.05) is 30.0 Å². The highest BCUT2D eigenvalue weighted by Crippen LogP contribution is 2.26. The standard InChI is InChI=1S/C18H23N3O2S2/c1-4-24-10-9-17(23)21-18-20-16(11-25-18)15-7-5-14(6-8-15)12(2)19-13(3)22/h5-8,11-12H,4,9-10H2,1-3H3,(H,19,22)(H,20,21,23). The van der Waals surface area contributed by atoms with E-state index in [2.05, 4.69) is 22.5 Å². The number of nitrogens with zero attached hydrogens (tertiary/aromatic N) is 1. The van der Waals surface area contributed by atoms with E-state index in [0.717, 1.165) is 28.3 Å². The molecule has 1 unspecified atom stereocenters. The number of hydrogen-bond donors (Lipinski definition) is 2. The molecular weight excluding hydrogens is 354 g/mol. The zero-order chi connectivity index (χ0) is 18.2. The minimum absolute atomic E-state index is 0.00123. The van der Waals surface area contributed by atoms with Gasteiger partial charge in [0.15, 0.2) is 5.13 Å². The Hall–Kier alpha value is -1.86. The summed E-state index contributed by atoms with van der Waals surface area (Å²) < 4.78 is 0. The Morgan fingerprint density at radius 2 is 2.00 bits per heavy atom. The predicted octanol–water partition coefficient (Wildman–Crippen LogP) is 4.09. The Bertz CT molecular complexity index is 713. The summed E-state index contributed by atoms with van der Waals surface area (Å²) in [4.78, 5) is 27.5. The molecule has 0 aliphatic heterocycles. The van der Waals surface area contributed by atoms with Crippen LogP contribution in [0.4, 0.5) is 5.13 Å². The van der Waals surface area contributed by atoms with Crippen LogP contribution in [0.2, 0.25) is 0 Å². The lowest BCUT2D eigenvalue weighted by Gasteiger charge is -2.13. The van der Waals surface area contributed by atoms with Crippen LogP contribution in [0, 0.1) is 0 Å². The number of carbonyl (C=O) groups excluding carboxylic acids is 2. The highest BCUT2D eigenvalue weighted by molar-refractivity contribution is 7.99. The van der Waals surface area contributed by atoms with Gasteiger partial charge in [0.2, 0.25) is 11.8 Å². The number of hydrogen-bond acceptors (Lipinski definition) is 5. The molecule has 2 rings (SSSR count). The van der Waals surface area contributed by atoms with Crippen molar-refractivity contribution in [3.8, 4) is 11.3 Å². The number of aromatic nitrogens is 1. The van der Waals surface area contributed by atoms with Gasteiger partial charge in [0.1, 0.15) is 0 Å². The van der Waals surface area contributed by atoms with E-state index in [9.17, 15) is 9.59 Å². The molecule has 25 heavy (non-hydrogen) atoms. The summed E-state index contributed by atoms with van der Waals surface area (Å²) in [6, 6.07) is 7.89. The first-order valence-corrected chi connectivity index (χ1v) is 10.2. The third-order valence-electron chi connectivity index (χ3n) is 3.55. The van der Waals surface area contributed by atoms with Crippen molar-refractivity contribution in [3.63, 3.8) is 0 Å². The molecule has 5 nitrogen and oxygen atoms in total. The lowest BCUT2D eigenvalue weighted by molar-refractivity contribution is -0.119. The Kier molecular flexibility index (Phi) is 7.46. The van der Waals surface area contributed by atoms with Gasteiger partial charge >= 0.3 is 0 Å². The Balaban J connectivity index is 1.97. The fourth-order valence-electron chi connectivity index (χ4n) is 2.29. The Morgan fingerprint density at radius 1 is 1.28 bits per heavy atom. The second kappa shape index (κ2) is 9.58. The van der Waals surface area contributed by atoms with Crippen molar-refractivity contribution in [2.75, 3.05) is 16.8 Å². The quantitative estimate of drug-likeness (QED) is 0.680. The minimum Gasteiger partial charge on any atom is -0.350 e. The highest BCUT2D eigenvalue weighted by atomic mass is 32.2. The molecule has 2 amide bonds. The van der Waals surface area contributed by atoms with E-state index in [1.165, 1.54) is 18.3 Å². The average molecular weight is 378 g/mol. The molecule has 7 heteroatoms. The summed E-state index contributed by atoms with van der Waals surface area (Å²) in [7, 11) is 0. The topological polar surface area (TPSA) is 71.1 Å². The first-order valence-electron chi connectivity index (χ1n) is 8.20. The van der Waals surface area contributed by atoms with E-state index < -0.39 is 0 Å². The lowest BCUT2D eigenvalue weighted by Crippen LogP contribution is -2.23. The number of amides is 2. The van der Waals surface area contributed by atoms with E-state index in [1.54, 1.807) is 11.8 Å². The molecule has 1 aromatic carbocycles. The maximum Gasteiger partial charge on any atom is 0.226 e. The number of thioether (sulfide) groups is 1. The summed E-state index contributed by atoms with van der Waals surface area (Å²) in [5, 5.41) is 8.27. The number of rotatable bonds is 8. The molecule has 2 aromatic rings. The van der Waals surface area contributed by atoms with E-state index in [1.807, 2.05) is 36.6 Å². The minimum atomic E-state index is -0.0474. The first kappa shape index (κ1) is 19.5. The van der Waals surface area contributed by atoms with Gasteiger partial charge in [-0.3, -0.25) is 9.59 Å². The zero-order valence-corrected chi connectivity index (χ0v) is 16.3. The van der Waals surface area contributed by atoms with E-state index in [0.29, 0.717) is 11.6 Å². The van der Waals surface area contributed by atoms with Crippen molar-refractivity contribution < 1.29 is 9.59 Å². The lowest BCUT2D eigenvalue weighted by atomic mass is 10.1. The van der Waals surface area contributed by atoms with Crippen LogP contribution < -0.4 is 10.6 Å². The van der Waals surface area contributed by atoms with E-state index >= 15 is 0 Å². The molecule has 0 radical (unpaired) electrons. The average Bonchev–Trinajstić information content (AvgIpc) is 3.03. The molecule has 134 valence electrons. The molecule has 0 saturated heterocycles. The number of thiazole rings is 1. The third kappa shape index (κ3) is 6.17. The zero-order valence-electron chi connectivity index (χ0n) is 14.7. The molecule has 1 heterocycles. The fourth-order valence-corrected chi connectivity index (χ4v) is 3.64. The van der Waals surface area contributed by atoms with Crippen molar-refractivity contribution in [1.82, 2.24) is 10.3 Å². The second-order valence-electron chi connectivity index (χ2n) is 5.58. The molecule has 1 atom stereocenters. The highest BCUT2D eigenvalue weighted by Gasteiger charge is 2.10. The summed E-state index contributed by atoms with van der Waals surface area (Å²) in [6.07, 6.45) is 0.503. The molecule has 0 saturated carbocycles. The molecule has 0 spiro atoms. The summed E-state index contributed by atoms with van der Waals surface area (Å²) in [6.45, 7) is 5.54. The van der Waals surface area contributed by atoms with Gasteiger partial charge in [-0.1, -0.05) is 31.2 Å². The van der Waals surface area contributed by atoms with Gasteiger partial charge < -0.3 is 10.6 Å². The second-order valence-corrected chi connectivity index (χ2v) is 7.83. The number of nitrogens with one attached hydrogen (secondary N) is 2. The maximum absolute atomic E-state index is 11.8. The van der Waals surface area contributed by atoms with Gasteiger partial charge in [0.05, 0.1) is 11.7 Å². The van der Waals surface area contributed by atoms with Crippen LogP contribution in [0.5, 0.6) is 0 Å². The SMILES string of the molecule is CCSCCC(=O)Nc1nc(-c2ccc(C(C)NC(C)=O)cc2)cs1. The summed E-state index contributed by atoms with van der Waals surface area (Å²) in [5.74, 6) is 1.80. The van der Waals surface area contributed by atoms with E-state index in [4.69, 9.17) is 0 Å². The normalized spacial score (nSPS) is 11.8. The molecule has 1 aromatic heterocycles. The molecule has 0 bridgehead atoms. The molecule has 0 aliphatic rings. The van der Waals surface area contributed by atoms with Crippen LogP contribution in [0.3, 0.4) is 0 Å². The van der Waals surface area contributed by atoms with Crippen LogP contribution in [-0.4, -0.2) is 28.3 Å². The monoisotopic (exact) mass is 377 g/mol. The van der Waals surface area contributed by atoms with Crippen LogP contribution in [-0.2, 0) is 9.59 Å². The van der Waals surface area contributed by atoms with E-state index in [-0.39, 0.29) is 17.9 Å². The Labute approximate surface area is 156 Å². The van der Waals surface area contributed by atoms with Crippen molar-refractivity contribution in [2.45, 2.75) is 33.2 Å². The van der Waals surface area contributed by atoms with Gasteiger partial charge in [-0.15, -0.1) is 11.3 Å². The first-order chi connectivity index (χ1) is 12.0. The van der Waals surface area contributed by atoms with Gasteiger partial charge in [-0.2, -0.15) is 11.8 Å². The van der Waals surface area contributed by atoms with Crippen LogP contribution >= 0.6 is 23.1 Å².